The van der Waals surface area contributed by atoms with Gasteiger partial charge in [0, 0.05) is 19.8 Å². The van der Waals surface area contributed by atoms with Crippen LogP contribution >= 0.6 is 7.60 Å². The Labute approximate surface area is 83.3 Å². The second kappa shape index (κ2) is 5.96. The Morgan fingerprint density at radius 1 is 1.43 bits per heavy atom. The summed E-state index contributed by atoms with van der Waals surface area (Å²) in [5.74, 6) is -0.977. The van der Waals surface area contributed by atoms with E-state index in [1.807, 2.05) is 0 Å². The normalized spacial score (nSPS) is 12.9. The molecule has 0 bridgehead atoms. The Bertz CT molecular complexity index is 263. The van der Waals surface area contributed by atoms with Crippen LogP contribution in [0.25, 0.3) is 0 Å². The van der Waals surface area contributed by atoms with Crippen molar-refractivity contribution in [2.24, 2.45) is 0 Å². The van der Waals surface area contributed by atoms with Crippen molar-refractivity contribution in [1.82, 2.24) is 0 Å². The van der Waals surface area contributed by atoms with E-state index in [0.29, 0.717) is 6.42 Å². The van der Waals surface area contributed by atoms with Gasteiger partial charge in [-0.05, 0) is 13.3 Å². The molecule has 0 saturated heterocycles. The van der Waals surface area contributed by atoms with Gasteiger partial charge in [-0.3, -0.25) is 4.57 Å². The molecule has 0 aromatic carbocycles. The summed E-state index contributed by atoms with van der Waals surface area (Å²) in [7, 11) is -0.398. The van der Waals surface area contributed by atoms with E-state index in [2.05, 4.69) is 9.05 Å². The summed E-state index contributed by atoms with van der Waals surface area (Å²) in [4.78, 5) is 10.4. The highest BCUT2D eigenvalue weighted by Gasteiger charge is 2.19. The molecule has 0 aliphatic rings. The third kappa shape index (κ3) is 4.56. The van der Waals surface area contributed by atoms with Crippen molar-refractivity contribution in [1.29, 1.82) is 0 Å². The summed E-state index contributed by atoms with van der Waals surface area (Å²) in [5, 5.41) is 8.53. The smallest absolute Gasteiger partial charge is 0.330 e. The van der Waals surface area contributed by atoms with Gasteiger partial charge in [0.25, 0.3) is 0 Å². The van der Waals surface area contributed by atoms with Crippen LogP contribution in [0.5, 0.6) is 0 Å². The highest BCUT2D eigenvalue weighted by Crippen LogP contribution is 2.46. The van der Waals surface area contributed by atoms with Crippen molar-refractivity contribution in [3.05, 3.63) is 11.6 Å². The van der Waals surface area contributed by atoms with Gasteiger partial charge < -0.3 is 14.2 Å². The molecule has 14 heavy (non-hydrogen) atoms. The molecular weight excluding hydrogens is 207 g/mol. The summed E-state index contributed by atoms with van der Waals surface area (Å²) < 4.78 is 20.9. The third-order valence-corrected chi connectivity index (χ3v) is 3.67. The Kier molecular flexibility index (Phi) is 5.69. The molecule has 5 nitrogen and oxygen atoms in total. The maximum atomic E-state index is 11.5. The van der Waals surface area contributed by atoms with Crippen LogP contribution in [0.2, 0.25) is 0 Å². The highest BCUT2D eigenvalue weighted by atomic mass is 31.2. The zero-order chi connectivity index (χ0) is 11.2. The van der Waals surface area contributed by atoms with Crippen LogP contribution < -0.4 is 0 Å². The van der Waals surface area contributed by atoms with Crippen molar-refractivity contribution < 1.29 is 23.5 Å². The Morgan fingerprint density at radius 2 is 1.93 bits per heavy atom. The van der Waals surface area contributed by atoms with Crippen LogP contribution in [0.3, 0.4) is 0 Å². The lowest BCUT2D eigenvalue weighted by molar-refractivity contribution is -0.132. The van der Waals surface area contributed by atoms with Crippen molar-refractivity contribution >= 4 is 13.6 Å². The van der Waals surface area contributed by atoms with Gasteiger partial charge in [-0.25, -0.2) is 4.79 Å². The molecule has 0 aliphatic heterocycles. The first-order valence-corrected chi connectivity index (χ1v) is 5.78. The predicted molar refractivity (Wildman–Crippen MR) is 52.5 cm³/mol. The number of carboxylic acids is 1. The van der Waals surface area contributed by atoms with E-state index in [9.17, 15) is 9.36 Å². The molecule has 0 fully saturated rings. The molecular formula is C8H15O5P. The van der Waals surface area contributed by atoms with Crippen LogP contribution in [-0.2, 0) is 18.4 Å². The van der Waals surface area contributed by atoms with E-state index in [1.54, 1.807) is 0 Å². The molecule has 82 valence electrons. The molecule has 0 spiro atoms. The summed E-state index contributed by atoms with van der Waals surface area (Å²) >= 11 is 0. The SMILES string of the molecule is COP(=O)(CCC=C(C)C(=O)O)OC. The van der Waals surface area contributed by atoms with Gasteiger partial charge in [0.1, 0.15) is 0 Å². The minimum atomic E-state index is -3.01. The second-order valence-corrected chi connectivity index (χ2v) is 5.08. The molecule has 0 radical (unpaired) electrons. The Hall–Kier alpha value is -0.640. The van der Waals surface area contributed by atoms with Gasteiger partial charge in [-0.1, -0.05) is 6.08 Å². The largest absolute Gasteiger partial charge is 0.478 e. The molecule has 0 saturated carbocycles. The van der Waals surface area contributed by atoms with Crippen LogP contribution in [0, 0.1) is 0 Å². The maximum Gasteiger partial charge on any atom is 0.330 e. The highest BCUT2D eigenvalue weighted by molar-refractivity contribution is 7.53. The summed E-state index contributed by atoms with van der Waals surface area (Å²) in [6.07, 6.45) is 2.04. The minimum Gasteiger partial charge on any atom is -0.478 e. The van der Waals surface area contributed by atoms with Gasteiger partial charge in [0.2, 0.25) is 0 Å². The van der Waals surface area contributed by atoms with E-state index in [0.717, 1.165) is 0 Å². The fourth-order valence-electron chi connectivity index (χ4n) is 0.784. The van der Waals surface area contributed by atoms with Gasteiger partial charge in [0.05, 0.1) is 6.16 Å². The zero-order valence-electron chi connectivity index (χ0n) is 8.52. The maximum absolute atomic E-state index is 11.5. The molecule has 0 aromatic heterocycles. The first-order valence-electron chi connectivity index (χ1n) is 4.06. The number of hydrogen-bond acceptors (Lipinski definition) is 4. The summed E-state index contributed by atoms with van der Waals surface area (Å²) in [5.41, 5.74) is 0.226. The summed E-state index contributed by atoms with van der Waals surface area (Å²) in [6.45, 7) is 1.48. The number of hydrogen-bond donors (Lipinski definition) is 1. The van der Waals surface area contributed by atoms with Gasteiger partial charge in [-0.15, -0.1) is 0 Å². The van der Waals surface area contributed by atoms with Crippen LogP contribution in [0.15, 0.2) is 11.6 Å². The lowest BCUT2D eigenvalue weighted by atomic mass is 10.2. The summed E-state index contributed by atoms with van der Waals surface area (Å²) in [6, 6.07) is 0. The third-order valence-electron chi connectivity index (χ3n) is 1.75. The van der Waals surface area contributed by atoms with E-state index in [4.69, 9.17) is 5.11 Å². The fourth-order valence-corrected chi connectivity index (χ4v) is 1.74. The molecule has 0 amide bonds. The topological polar surface area (TPSA) is 72.8 Å². The fraction of sp³-hybridized carbons (Fsp3) is 0.625. The first kappa shape index (κ1) is 13.4. The van der Waals surface area contributed by atoms with Crippen molar-refractivity contribution in [2.75, 3.05) is 20.4 Å². The molecule has 0 aliphatic carbocycles. The Morgan fingerprint density at radius 3 is 2.29 bits per heavy atom. The van der Waals surface area contributed by atoms with Crippen molar-refractivity contribution in [2.45, 2.75) is 13.3 Å². The number of allylic oxidation sites excluding steroid dienone is 1. The lowest BCUT2D eigenvalue weighted by Gasteiger charge is -2.11. The number of carboxylic acid groups (broad SMARTS) is 1. The average molecular weight is 222 g/mol. The minimum absolute atomic E-state index is 0.185. The van der Waals surface area contributed by atoms with Gasteiger partial charge >= 0.3 is 13.6 Å². The number of rotatable bonds is 6. The van der Waals surface area contributed by atoms with E-state index >= 15 is 0 Å². The molecule has 0 heterocycles. The second-order valence-electron chi connectivity index (χ2n) is 2.68. The molecule has 0 unspecified atom stereocenters. The van der Waals surface area contributed by atoms with Gasteiger partial charge in [-0.2, -0.15) is 0 Å². The standard InChI is InChI=1S/C8H15O5P/c1-7(8(9)10)5-4-6-14(11,12-2)13-3/h5H,4,6H2,1-3H3,(H,9,10). The molecule has 0 rings (SSSR count). The lowest BCUT2D eigenvalue weighted by Crippen LogP contribution is -1.98. The van der Waals surface area contributed by atoms with Crippen LogP contribution in [0.1, 0.15) is 13.3 Å². The molecule has 0 aromatic rings. The van der Waals surface area contributed by atoms with Crippen LogP contribution in [-0.4, -0.2) is 31.5 Å². The monoisotopic (exact) mass is 222 g/mol. The number of aliphatic carboxylic acids is 1. The van der Waals surface area contributed by atoms with Crippen LogP contribution in [0.4, 0.5) is 0 Å². The molecule has 1 N–H and O–H groups in total. The van der Waals surface area contributed by atoms with E-state index in [-0.39, 0.29) is 11.7 Å². The first-order chi connectivity index (χ1) is 6.45. The van der Waals surface area contributed by atoms with Gasteiger partial charge in [0.15, 0.2) is 0 Å². The average Bonchev–Trinajstić information content (AvgIpc) is 2.17. The predicted octanol–water partition coefficient (Wildman–Crippen LogP) is 1.89. The molecule has 6 heteroatoms. The van der Waals surface area contributed by atoms with E-state index < -0.39 is 13.6 Å². The molecule has 0 atom stereocenters. The number of carbonyl (C=O) groups is 1. The van der Waals surface area contributed by atoms with Crippen molar-refractivity contribution in [3.63, 3.8) is 0 Å². The quantitative estimate of drug-likeness (QED) is 0.548. The zero-order valence-corrected chi connectivity index (χ0v) is 9.41. The van der Waals surface area contributed by atoms with E-state index in [1.165, 1.54) is 27.2 Å². The van der Waals surface area contributed by atoms with Crippen molar-refractivity contribution in [3.8, 4) is 0 Å². The Balaban J connectivity index is 4.13.